The Hall–Kier alpha value is -2.23. The average Bonchev–Trinajstić information content (AvgIpc) is 3.17. The van der Waals surface area contributed by atoms with Crippen molar-refractivity contribution in [1.82, 2.24) is 9.96 Å². The fourth-order valence-corrected chi connectivity index (χ4v) is 5.06. The van der Waals surface area contributed by atoms with Crippen LogP contribution < -0.4 is 0 Å². The predicted molar refractivity (Wildman–Crippen MR) is 126 cm³/mol. The number of amides is 3. The maximum absolute atomic E-state index is 12.9. The molecule has 0 aliphatic carbocycles. The summed E-state index contributed by atoms with van der Waals surface area (Å²) in [5.74, 6) is -0.988. The highest BCUT2D eigenvalue weighted by atomic mass is 28.4. The molecule has 2 heterocycles. The fraction of sp³-hybridized carbons (Fsp3) is 0.625. The molecule has 182 valence electrons. The molecule has 8 nitrogen and oxygen atoms in total. The van der Waals surface area contributed by atoms with Gasteiger partial charge in [-0.2, -0.15) is 0 Å². The first-order chi connectivity index (χ1) is 15.1. The molecular formula is C24H36N2O6Si. The van der Waals surface area contributed by atoms with Gasteiger partial charge in [0.15, 0.2) is 8.32 Å². The van der Waals surface area contributed by atoms with Crippen molar-refractivity contribution < 1.29 is 28.4 Å². The zero-order valence-corrected chi connectivity index (χ0v) is 21.9. The lowest BCUT2D eigenvalue weighted by molar-refractivity contribution is -0.104. The number of hydrogen-bond donors (Lipinski definition) is 0. The van der Waals surface area contributed by atoms with Gasteiger partial charge in [-0.1, -0.05) is 32.9 Å². The van der Waals surface area contributed by atoms with E-state index in [0.29, 0.717) is 24.1 Å². The Morgan fingerprint density at radius 2 is 1.58 bits per heavy atom. The van der Waals surface area contributed by atoms with E-state index >= 15 is 0 Å². The number of rotatable bonds is 5. The molecule has 0 saturated carbocycles. The van der Waals surface area contributed by atoms with E-state index in [2.05, 4.69) is 33.9 Å². The third-order valence-corrected chi connectivity index (χ3v) is 11.0. The quantitative estimate of drug-likeness (QED) is 0.456. The van der Waals surface area contributed by atoms with Crippen LogP contribution in [0.4, 0.5) is 4.79 Å². The standard InChI is InChI=1S/C24H36N2O6Si/c1-23(2,3)31-22(29)25-14-17(32-33(7,8)24(4,5)6)13-16(25)15-30-26-20(27)18-11-9-10-12-19(18)21(26)28/h9-12,16-17H,13-15H2,1-8H3/t16-,17+/m0/s1. The molecule has 33 heavy (non-hydrogen) atoms. The lowest BCUT2D eigenvalue weighted by atomic mass is 10.1. The first-order valence-corrected chi connectivity index (χ1v) is 14.3. The maximum atomic E-state index is 12.9. The largest absolute Gasteiger partial charge is 0.444 e. The Morgan fingerprint density at radius 1 is 1.03 bits per heavy atom. The zero-order chi connectivity index (χ0) is 24.8. The second-order valence-electron chi connectivity index (χ2n) is 11.3. The van der Waals surface area contributed by atoms with Crippen molar-refractivity contribution in [3.8, 4) is 0 Å². The summed E-state index contributed by atoms with van der Waals surface area (Å²) >= 11 is 0. The molecule has 2 aliphatic heterocycles. The van der Waals surface area contributed by atoms with Crippen LogP contribution in [0.25, 0.3) is 0 Å². The van der Waals surface area contributed by atoms with Crippen LogP contribution in [0.5, 0.6) is 0 Å². The summed E-state index contributed by atoms with van der Waals surface area (Å²) in [6, 6.07) is 6.23. The molecule has 0 radical (unpaired) electrons. The van der Waals surface area contributed by atoms with Crippen molar-refractivity contribution in [2.45, 2.75) is 83.8 Å². The molecule has 1 aromatic carbocycles. The van der Waals surface area contributed by atoms with Crippen LogP contribution in [0.15, 0.2) is 24.3 Å². The van der Waals surface area contributed by atoms with Gasteiger partial charge in [-0.3, -0.25) is 14.4 Å². The molecule has 0 N–H and O–H groups in total. The van der Waals surface area contributed by atoms with Gasteiger partial charge in [-0.15, -0.1) is 5.06 Å². The molecule has 1 saturated heterocycles. The number of benzene rings is 1. The van der Waals surface area contributed by atoms with E-state index in [4.69, 9.17) is 14.0 Å². The van der Waals surface area contributed by atoms with Crippen LogP contribution >= 0.6 is 0 Å². The Balaban J connectivity index is 1.74. The fourth-order valence-electron chi connectivity index (χ4n) is 3.70. The second-order valence-corrected chi connectivity index (χ2v) is 16.0. The minimum Gasteiger partial charge on any atom is -0.444 e. The Bertz CT molecular complexity index is 899. The second kappa shape index (κ2) is 8.85. The number of likely N-dealkylation sites (tertiary alicyclic amines) is 1. The Kier molecular flexibility index (Phi) is 6.81. The molecule has 3 rings (SSSR count). The van der Waals surface area contributed by atoms with Crippen LogP contribution in [0.3, 0.4) is 0 Å². The minimum absolute atomic E-state index is 0.0118. The van der Waals surface area contributed by atoms with Crippen molar-refractivity contribution in [3.63, 3.8) is 0 Å². The maximum Gasteiger partial charge on any atom is 0.410 e. The van der Waals surface area contributed by atoms with Crippen molar-refractivity contribution >= 4 is 26.2 Å². The van der Waals surface area contributed by atoms with Gasteiger partial charge in [0, 0.05) is 6.54 Å². The molecule has 0 bridgehead atoms. The van der Waals surface area contributed by atoms with E-state index in [9.17, 15) is 14.4 Å². The first kappa shape index (κ1) is 25.4. The predicted octanol–water partition coefficient (Wildman–Crippen LogP) is 4.61. The normalized spacial score (nSPS) is 21.6. The molecule has 2 aliphatic rings. The number of hydroxylamine groups is 2. The summed E-state index contributed by atoms with van der Waals surface area (Å²) in [6.07, 6.45) is -0.0939. The van der Waals surface area contributed by atoms with Crippen LogP contribution in [-0.4, -0.2) is 67.1 Å². The smallest absolute Gasteiger partial charge is 0.410 e. The summed E-state index contributed by atoms with van der Waals surface area (Å²) in [6.45, 7) is 16.7. The van der Waals surface area contributed by atoms with E-state index in [1.165, 1.54) is 0 Å². The summed E-state index contributed by atoms with van der Waals surface area (Å²) < 4.78 is 12.2. The summed E-state index contributed by atoms with van der Waals surface area (Å²) in [5, 5.41) is 0.818. The third-order valence-electron chi connectivity index (χ3n) is 6.42. The molecule has 0 aromatic heterocycles. The van der Waals surface area contributed by atoms with Gasteiger partial charge in [0.1, 0.15) is 5.60 Å². The van der Waals surface area contributed by atoms with E-state index < -0.39 is 31.8 Å². The SMILES string of the molecule is CC(C)(C)OC(=O)N1C[C@H](O[Si](C)(C)C(C)(C)C)C[C@H]1CON1C(=O)c2ccccc2C1=O. The van der Waals surface area contributed by atoms with E-state index in [-0.39, 0.29) is 23.8 Å². The zero-order valence-electron chi connectivity index (χ0n) is 20.9. The van der Waals surface area contributed by atoms with Gasteiger partial charge >= 0.3 is 6.09 Å². The molecule has 3 amide bonds. The highest BCUT2D eigenvalue weighted by molar-refractivity contribution is 6.74. The van der Waals surface area contributed by atoms with Crippen molar-refractivity contribution in [2.24, 2.45) is 0 Å². The van der Waals surface area contributed by atoms with Gasteiger partial charge < -0.3 is 14.1 Å². The van der Waals surface area contributed by atoms with Crippen molar-refractivity contribution in [2.75, 3.05) is 13.2 Å². The number of ether oxygens (including phenoxy) is 1. The monoisotopic (exact) mass is 476 g/mol. The molecule has 2 atom stereocenters. The van der Waals surface area contributed by atoms with E-state index in [1.54, 1.807) is 29.2 Å². The van der Waals surface area contributed by atoms with E-state index in [1.807, 2.05) is 20.8 Å². The molecule has 1 aromatic rings. The minimum atomic E-state index is -2.06. The number of carbonyl (C=O) groups is 3. The molecule has 9 heteroatoms. The number of hydrogen-bond acceptors (Lipinski definition) is 6. The van der Waals surface area contributed by atoms with Crippen molar-refractivity contribution in [1.29, 1.82) is 0 Å². The van der Waals surface area contributed by atoms with E-state index in [0.717, 1.165) is 5.06 Å². The molecule has 0 unspecified atom stereocenters. The number of nitrogens with zero attached hydrogens (tertiary/aromatic N) is 2. The summed E-state index contributed by atoms with van der Waals surface area (Å²) in [7, 11) is -2.06. The first-order valence-electron chi connectivity index (χ1n) is 11.4. The average molecular weight is 477 g/mol. The van der Waals surface area contributed by atoms with Gasteiger partial charge in [0.2, 0.25) is 0 Å². The van der Waals surface area contributed by atoms with Crippen LogP contribution in [-0.2, 0) is 14.0 Å². The van der Waals surface area contributed by atoms with Crippen molar-refractivity contribution in [3.05, 3.63) is 35.4 Å². The Morgan fingerprint density at radius 3 is 2.06 bits per heavy atom. The Labute approximate surface area is 197 Å². The van der Waals surface area contributed by atoms with Gasteiger partial charge in [-0.05, 0) is 57.5 Å². The highest BCUT2D eigenvalue weighted by Crippen LogP contribution is 2.39. The third kappa shape index (κ3) is 5.47. The number of fused-ring (bicyclic) bond motifs is 1. The highest BCUT2D eigenvalue weighted by Gasteiger charge is 2.45. The van der Waals surface area contributed by atoms with Crippen LogP contribution in [0.2, 0.25) is 18.1 Å². The summed E-state index contributed by atoms with van der Waals surface area (Å²) in [4.78, 5) is 45.5. The lowest BCUT2D eigenvalue weighted by Crippen LogP contribution is -2.45. The molecular weight excluding hydrogens is 440 g/mol. The van der Waals surface area contributed by atoms with Gasteiger partial charge in [-0.25, -0.2) is 4.79 Å². The topological polar surface area (TPSA) is 85.4 Å². The number of imide groups is 1. The molecule has 0 spiro atoms. The van der Waals surface area contributed by atoms with Gasteiger partial charge in [0.25, 0.3) is 11.8 Å². The lowest BCUT2D eigenvalue weighted by Gasteiger charge is -2.38. The summed E-state index contributed by atoms with van der Waals surface area (Å²) in [5.41, 5.74) is -0.0160. The van der Waals surface area contributed by atoms with Crippen LogP contribution in [0, 0.1) is 0 Å². The van der Waals surface area contributed by atoms with Crippen LogP contribution in [0.1, 0.15) is 68.7 Å². The molecule has 1 fully saturated rings. The number of carbonyl (C=O) groups excluding carboxylic acids is 3. The van der Waals surface area contributed by atoms with Gasteiger partial charge in [0.05, 0.1) is 29.9 Å².